The highest BCUT2D eigenvalue weighted by Crippen LogP contribution is 2.32. The van der Waals surface area contributed by atoms with E-state index in [1.807, 2.05) is 48.5 Å². The molecule has 4 aromatic rings. The Kier molecular flexibility index (Phi) is 4.09. The maximum atomic E-state index is 12.3. The second-order valence-corrected chi connectivity index (χ2v) is 7.49. The van der Waals surface area contributed by atoms with E-state index in [1.54, 1.807) is 4.52 Å². The predicted molar refractivity (Wildman–Crippen MR) is 111 cm³/mol. The highest BCUT2D eigenvalue weighted by atomic mass is 16.6. The number of hydrogen-bond acceptors (Lipinski definition) is 7. The molecule has 0 amide bonds. The van der Waals surface area contributed by atoms with Crippen molar-refractivity contribution in [1.82, 2.24) is 19.8 Å². The van der Waals surface area contributed by atoms with Crippen LogP contribution in [0.25, 0.3) is 16.9 Å². The first-order valence-electron chi connectivity index (χ1n) is 10.1. The van der Waals surface area contributed by atoms with Gasteiger partial charge in [-0.15, -0.1) is 10.2 Å². The van der Waals surface area contributed by atoms with E-state index >= 15 is 0 Å². The Balaban J connectivity index is 1.35. The van der Waals surface area contributed by atoms with Crippen LogP contribution < -0.4 is 14.2 Å². The zero-order chi connectivity index (χ0) is 20.8. The lowest BCUT2D eigenvalue weighted by Gasteiger charge is -2.18. The SMILES string of the molecule is O=C1CCOc2ccc(-c3ccc4nnc(Cc5ccc6c(c5)OCCO6)n4n3)cc21. The molecule has 0 saturated heterocycles. The lowest BCUT2D eigenvalue weighted by atomic mass is 10.0. The Bertz CT molecular complexity index is 1330. The van der Waals surface area contributed by atoms with Crippen LogP contribution in [0.5, 0.6) is 17.2 Å². The zero-order valence-corrected chi connectivity index (χ0v) is 16.6. The molecule has 154 valence electrons. The zero-order valence-electron chi connectivity index (χ0n) is 16.6. The lowest BCUT2D eigenvalue weighted by molar-refractivity contribution is 0.0933. The van der Waals surface area contributed by atoms with Gasteiger partial charge < -0.3 is 14.2 Å². The smallest absolute Gasteiger partial charge is 0.177 e. The third-order valence-electron chi connectivity index (χ3n) is 5.46. The first-order valence-corrected chi connectivity index (χ1v) is 10.1. The molecule has 0 bridgehead atoms. The number of carbonyl (C=O) groups is 1. The Hall–Kier alpha value is -3.94. The van der Waals surface area contributed by atoms with Gasteiger partial charge >= 0.3 is 0 Å². The van der Waals surface area contributed by atoms with Gasteiger partial charge in [-0.1, -0.05) is 6.07 Å². The minimum atomic E-state index is 0.0905. The van der Waals surface area contributed by atoms with Gasteiger partial charge in [-0.25, -0.2) is 0 Å². The fourth-order valence-electron chi connectivity index (χ4n) is 3.90. The van der Waals surface area contributed by atoms with Crippen molar-refractivity contribution in [3.8, 4) is 28.5 Å². The van der Waals surface area contributed by atoms with Gasteiger partial charge in [-0.05, 0) is 48.0 Å². The summed E-state index contributed by atoms with van der Waals surface area (Å²) in [4.78, 5) is 12.3. The third kappa shape index (κ3) is 3.16. The summed E-state index contributed by atoms with van der Waals surface area (Å²) in [5.41, 5.74) is 3.87. The van der Waals surface area contributed by atoms with Crippen LogP contribution in [0.1, 0.15) is 28.2 Å². The summed E-state index contributed by atoms with van der Waals surface area (Å²) in [6.45, 7) is 1.54. The van der Waals surface area contributed by atoms with Crippen LogP contribution in [0.3, 0.4) is 0 Å². The number of rotatable bonds is 3. The largest absolute Gasteiger partial charge is 0.492 e. The van der Waals surface area contributed by atoms with Gasteiger partial charge in [-0.3, -0.25) is 4.79 Å². The molecule has 8 nitrogen and oxygen atoms in total. The minimum Gasteiger partial charge on any atom is -0.492 e. The summed E-state index contributed by atoms with van der Waals surface area (Å²) < 4.78 is 18.6. The predicted octanol–water partition coefficient (Wildman–Crippen LogP) is 3.12. The first kappa shape index (κ1) is 17.9. The van der Waals surface area contributed by atoms with Gasteiger partial charge in [0.15, 0.2) is 28.8 Å². The number of carbonyl (C=O) groups excluding carboxylic acids is 1. The van der Waals surface area contributed by atoms with Gasteiger partial charge in [0.05, 0.1) is 17.9 Å². The van der Waals surface area contributed by atoms with Crippen LogP contribution in [0.4, 0.5) is 0 Å². The van der Waals surface area contributed by atoms with E-state index < -0.39 is 0 Å². The van der Waals surface area contributed by atoms with Crippen LogP contribution in [-0.4, -0.2) is 45.4 Å². The van der Waals surface area contributed by atoms with Crippen molar-refractivity contribution in [2.45, 2.75) is 12.8 Å². The fourth-order valence-corrected chi connectivity index (χ4v) is 3.90. The molecule has 0 aliphatic carbocycles. The average molecular weight is 414 g/mol. The van der Waals surface area contributed by atoms with Crippen LogP contribution >= 0.6 is 0 Å². The highest BCUT2D eigenvalue weighted by molar-refractivity contribution is 6.00. The van der Waals surface area contributed by atoms with E-state index in [0.717, 1.165) is 28.3 Å². The lowest BCUT2D eigenvalue weighted by Crippen LogP contribution is -2.15. The van der Waals surface area contributed by atoms with Crippen LogP contribution in [0.2, 0.25) is 0 Å². The van der Waals surface area contributed by atoms with Gasteiger partial charge in [0, 0.05) is 18.4 Å². The van der Waals surface area contributed by atoms with E-state index in [1.165, 1.54) is 0 Å². The topological polar surface area (TPSA) is 87.8 Å². The molecule has 8 heteroatoms. The number of Topliss-reactive ketones (excluding diaryl/α,β-unsaturated/α-hetero) is 1. The number of benzene rings is 2. The van der Waals surface area contributed by atoms with E-state index in [-0.39, 0.29) is 5.78 Å². The third-order valence-corrected chi connectivity index (χ3v) is 5.46. The first-order chi connectivity index (χ1) is 15.2. The van der Waals surface area contributed by atoms with Crippen molar-refractivity contribution >= 4 is 11.4 Å². The maximum absolute atomic E-state index is 12.3. The number of hydrogen-bond donors (Lipinski definition) is 0. The molecule has 0 fully saturated rings. The molecule has 2 aliphatic heterocycles. The molecule has 31 heavy (non-hydrogen) atoms. The molecule has 2 aromatic heterocycles. The Morgan fingerprint density at radius 2 is 1.68 bits per heavy atom. The van der Waals surface area contributed by atoms with E-state index in [9.17, 15) is 4.79 Å². The van der Waals surface area contributed by atoms with Crippen LogP contribution in [0.15, 0.2) is 48.5 Å². The fraction of sp³-hybridized carbons (Fsp3) is 0.217. The van der Waals surface area contributed by atoms with Crippen molar-refractivity contribution in [3.05, 3.63) is 65.5 Å². The second kappa shape index (κ2) is 7.09. The minimum absolute atomic E-state index is 0.0905. The quantitative estimate of drug-likeness (QED) is 0.509. The van der Waals surface area contributed by atoms with Crippen LogP contribution in [0, 0.1) is 0 Å². The summed E-state index contributed by atoms with van der Waals surface area (Å²) in [7, 11) is 0. The van der Waals surface area contributed by atoms with E-state index in [0.29, 0.717) is 55.4 Å². The molecular weight excluding hydrogens is 396 g/mol. The molecule has 2 aromatic carbocycles. The molecule has 0 N–H and O–H groups in total. The Morgan fingerprint density at radius 1 is 0.839 bits per heavy atom. The Labute approximate surface area is 177 Å². The van der Waals surface area contributed by atoms with Gasteiger partial charge in [0.25, 0.3) is 0 Å². The normalized spacial score (nSPS) is 14.9. The van der Waals surface area contributed by atoms with Crippen molar-refractivity contribution in [3.63, 3.8) is 0 Å². The molecule has 0 radical (unpaired) electrons. The summed E-state index contributed by atoms with van der Waals surface area (Å²) in [6, 6.07) is 15.2. The van der Waals surface area contributed by atoms with E-state index in [4.69, 9.17) is 19.3 Å². The molecule has 4 heterocycles. The molecular formula is C23H18N4O4. The Morgan fingerprint density at radius 3 is 2.61 bits per heavy atom. The summed E-state index contributed by atoms with van der Waals surface area (Å²) >= 11 is 0. The number of nitrogens with zero attached hydrogens (tertiary/aromatic N) is 4. The molecule has 2 aliphatic rings. The van der Waals surface area contributed by atoms with Crippen molar-refractivity contribution in [1.29, 1.82) is 0 Å². The van der Waals surface area contributed by atoms with Crippen molar-refractivity contribution in [2.75, 3.05) is 19.8 Å². The van der Waals surface area contributed by atoms with Crippen LogP contribution in [-0.2, 0) is 6.42 Å². The average Bonchev–Trinajstić information content (AvgIpc) is 3.21. The number of fused-ring (bicyclic) bond motifs is 3. The monoisotopic (exact) mass is 414 g/mol. The summed E-state index contributed by atoms with van der Waals surface area (Å²) in [5, 5.41) is 13.3. The molecule has 6 rings (SSSR count). The highest BCUT2D eigenvalue weighted by Gasteiger charge is 2.20. The molecule has 0 unspecified atom stereocenters. The van der Waals surface area contributed by atoms with Gasteiger partial charge in [0.1, 0.15) is 19.0 Å². The standard InChI is InChI=1S/C23H18N4O4/c28-18-7-8-29-19-5-2-15(13-16(18)19)17-3-6-22-24-25-23(27(22)26-17)12-14-1-4-20-21(11-14)31-10-9-30-20/h1-6,11,13H,7-10,12H2. The summed E-state index contributed by atoms with van der Waals surface area (Å²) in [5.74, 6) is 2.93. The van der Waals surface area contributed by atoms with Crippen molar-refractivity contribution < 1.29 is 19.0 Å². The molecule has 0 spiro atoms. The van der Waals surface area contributed by atoms with Gasteiger partial charge in [-0.2, -0.15) is 9.61 Å². The maximum Gasteiger partial charge on any atom is 0.177 e. The number of aromatic nitrogens is 4. The summed E-state index contributed by atoms with van der Waals surface area (Å²) in [6.07, 6.45) is 0.943. The molecule has 0 saturated carbocycles. The number of ketones is 1. The second-order valence-electron chi connectivity index (χ2n) is 7.49. The van der Waals surface area contributed by atoms with Crippen molar-refractivity contribution in [2.24, 2.45) is 0 Å². The number of ether oxygens (including phenoxy) is 3. The van der Waals surface area contributed by atoms with Gasteiger partial charge in [0.2, 0.25) is 0 Å². The molecule has 0 atom stereocenters. The van der Waals surface area contributed by atoms with E-state index in [2.05, 4.69) is 10.2 Å².